The Morgan fingerprint density at radius 3 is 2.39 bits per heavy atom. The molecule has 3 saturated carbocycles. The Balaban J connectivity index is 0.00000192. The van der Waals surface area contributed by atoms with Crippen LogP contribution in [0.3, 0.4) is 0 Å². The van der Waals surface area contributed by atoms with E-state index in [-0.39, 0.29) is 56.8 Å². The van der Waals surface area contributed by atoms with Crippen molar-refractivity contribution in [2.75, 3.05) is 0 Å². The molecule has 23 heavy (non-hydrogen) atoms. The van der Waals surface area contributed by atoms with Crippen LogP contribution in [0.5, 0.6) is 0 Å². The summed E-state index contributed by atoms with van der Waals surface area (Å²) in [6.45, 7) is 9.13. The van der Waals surface area contributed by atoms with Crippen molar-refractivity contribution in [2.24, 2.45) is 40.4 Å². The van der Waals surface area contributed by atoms with Gasteiger partial charge < -0.3 is 9.90 Å². The van der Waals surface area contributed by atoms with Gasteiger partial charge in [-0.25, -0.2) is 0 Å². The van der Waals surface area contributed by atoms with E-state index in [1.165, 1.54) is 32.1 Å². The third kappa shape index (κ3) is 3.39. The monoisotopic (exact) mass is 344 g/mol. The molecule has 3 heteroatoms. The Morgan fingerprint density at radius 1 is 1.09 bits per heavy atom. The van der Waals surface area contributed by atoms with Crippen LogP contribution in [-0.4, -0.2) is 5.97 Å². The van der Waals surface area contributed by atoms with E-state index >= 15 is 0 Å². The van der Waals surface area contributed by atoms with Gasteiger partial charge in [0.15, 0.2) is 0 Å². The first-order chi connectivity index (χ1) is 10.3. The zero-order valence-electron chi connectivity index (χ0n) is 15.9. The maximum Gasteiger partial charge on any atom is 1.00 e. The van der Waals surface area contributed by atoms with E-state index in [1.807, 2.05) is 6.92 Å². The standard InChI is InChI=1S/C20H34O2.K/c1-13(2)14-6-8-16-15(12-14)7-9-17-19(16,3)10-5-11-20(17,4)18(21)22;/h13-17H,5-12H2,1-4H3,(H,21,22);/q;+1/p-1. The summed E-state index contributed by atoms with van der Waals surface area (Å²) in [6, 6.07) is 0. The number of hydrogen-bond acceptors (Lipinski definition) is 2. The Hall–Kier alpha value is 1.11. The van der Waals surface area contributed by atoms with Crippen molar-refractivity contribution >= 4 is 5.97 Å². The van der Waals surface area contributed by atoms with Gasteiger partial charge in [0, 0.05) is 11.4 Å². The van der Waals surface area contributed by atoms with Crippen LogP contribution in [0.2, 0.25) is 0 Å². The summed E-state index contributed by atoms with van der Waals surface area (Å²) in [6.07, 6.45) is 9.52. The second-order valence-corrected chi connectivity index (χ2v) is 9.38. The normalized spacial score (nSPS) is 46.5. The minimum Gasteiger partial charge on any atom is -0.550 e. The van der Waals surface area contributed by atoms with Gasteiger partial charge in [0.1, 0.15) is 0 Å². The molecule has 0 aromatic carbocycles. The van der Waals surface area contributed by atoms with E-state index in [1.54, 1.807) is 0 Å². The van der Waals surface area contributed by atoms with Gasteiger partial charge in [-0.15, -0.1) is 0 Å². The second-order valence-electron chi connectivity index (χ2n) is 9.38. The van der Waals surface area contributed by atoms with Crippen LogP contribution in [0.25, 0.3) is 0 Å². The van der Waals surface area contributed by atoms with Crippen LogP contribution < -0.4 is 56.5 Å². The fourth-order valence-corrected chi connectivity index (χ4v) is 6.72. The SMILES string of the molecule is CC(C)C1CCC2C(CCC3C(C)(C(=O)[O-])CCCC23C)C1.[K+]. The number of hydrogen-bond donors (Lipinski definition) is 0. The first kappa shape index (κ1) is 20.4. The summed E-state index contributed by atoms with van der Waals surface area (Å²) in [5.74, 6) is 2.81. The zero-order valence-corrected chi connectivity index (χ0v) is 19.0. The first-order valence-electron chi connectivity index (χ1n) is 9.50. The fourth-order valence-electron chi connectivity index (χ4n) is 6.72. The third-order valence-corrected chi connectivity index (χ3v) is 8.08. The Morgan fingerprint density at radius 2 is 1.78 bits per heavy atom. The van der Waals surface area contributed by atoms with E-state index in [0.717, 1.165) is 42.9 Å². The van der Waals surface area contributed by atoms with Crippen molar-refractivity contribution < 1.29 is 61.3 Å². The summed E-state index contributed by atoms with van der Waals surface area (Å²) >= 11 is 0. The van der Waals surface area contributed by atoms with Gasteiger partial charge in [-0.05, 0) is 80.0 Å². The predicted molar refractivity (Wildman–Crippen MR) is 87.0 cm³/mol. The summed E-state index contributed by atoms with van der Waals surface area (Å²) in [5.41, 5.74) is -0.356. The van der Waals surface area contributed by atoms with Crippen LogP contribution >= 0.6 is 0 Å². The maximum absolute atomic E-state index is 11.9. The average molecular weight is 345 g/mol. The van der Waals surface area contributed by atoms with Gasteiger partial charge in [-0.2, -0.15) is 0 Å². The number of carbonyl (C=O) groups is 1. The molecule has 3 aliphatic carbocycles. The fraction of sp³-hybridized carbons (Fsp3) is 0.950. The second kappa shape index (κ2) is 7.38. The maximum atomic E-state index is 11.9. The molecule has 0 heterocycles. The number of carboxylic acids is 1. The number of carboxylic acid groups (broad SMARTS) is 1. The Kier molecular flexibility index (Phi) is 6.55. The molecular formula is C20H33KO2. The Bertz CT molecular complexity index is 449. The van der Waals surface area contributed by atoms with Gasteiger partial charge >= 0.3 is 51.4 Å². The molecule has 6 unspecified atom stereocenters. The summed E-state index contributed by atoms with van der Waals surface area (Å²) < 4.78 is 0. The number of fused-ring (bicyclic) bond motifs is 3. The largest absolute Gasteiger partial charge is 1.00 e. The van der Waals surface area contributed by atoms with Crippen LogP contribution in [0, 0.1) is 40.4 Å². The molecule has 0 amide bonds. The minimum absolute atomic E-state index is 0. The van der Waals surface area contributed by atoms with Crippen molar-refractivity contribution in [3.05, 3.63) is 0 Å². The Labute approximate surface area is 185 Å². The summed E-state index contributed by atoms with van der Waals surface area (Å²) in [4.78, 5) is 11.9. The van der Waals surface area contributed by atoms with Crippen molar-refractivity contribution in [1.82, 2.24) is 0 Å². The quantitative estimate of drug-likeness (QED) is 0.702. The molecule has 0 bridgehead atoms. The number of rotatable bonds is 2. The van der Waals surface area contributed by atoms with E-state index in [2.05, 4.69) is 20.8 Å². The molecule has 3 aliphatic rings. The first-order valence-corrected chi connectivity index (χ1v) is 9.50. The summed E-state index contributed by atoms with van der Waals surface area (Å²) in [5, 5.41) is 11.9. The van der Waals surface area contributed by atoms with E-state index in [4.69, 9.17) is 0 Å². The summed E-state index contributed by atoms with van der Waals surface area (Å²) in [7, 11) is 0. The van der Waals surface area contributed by atoms with Crippen molar-refractivity contribution in [2.45, 2.75) is 79.1 Å². The van der Waals surface area contributed by atoms with Crippen molar-refractivity contribution in [3.8, 4) is 0 Å². The van der Waals surface area contributed by atoms with Gasteiger partial charge in [0.05, 0.1) is 0 Å². The molecule has 126 valence electrons. The van der Waals surface area contributed by atoms with Crippen LogP contribution in [0.1, 0.15) is 79.1 Å². The van der Waals surface area contributed by atoms with Crippen LogP contribution in [0.15, 0.2) is 0 Å². The number of carbonyl (C=O) groups excluding carboxylic acids is 1. The molecule has 0 aromatic rings. The van der Waals surface area contributed by atoms with Crippen LogP contribution in [-0.2, 0) is 4.79 Å². The third-order valence-electron chi connectivity index (χ3n) is 8.08. The molecule has 0 aliphatic heterocycles. The van der Waals surface area contributed by atoms with Crippen molar-refractivity contribution in [1.29, 1.82) is 0 Å². The smallest absolute Gasteiger partial charge is 0.550 e. The average Bonchev–Trinajstić information content (AvgIpc) is 2.46. The van der Waals surface area contributed by atoms with Crippen LogP contribution in [0.4, 0.5) is 0 Å². The molecule has 2 nitrogen and oxygen atoms in total. The molecule has 0 aromatic heterocycles. The van der Waals surface area contributed by atoms with Gasteiger partial charge in [-0.3, -0.25) is 0 Å². The molecule has 0 radical (unpaired) electrons. The number of aliphatic carboxylic acids is 1. The minimum atomic E-state index is -0.794. The topological polar surface area (TPSA) is 40.1 Å². The zero-order chi connectivity index (χ0) is 16.1. The van der Waals surface area contributed by atoms with Crippen molar-refractivity contribution in [3.63, 3.8) is 0 Å². The molecular weight excluding hydrogens is 311 g/mol. The van der Waals surface area contributed by atoms with E-state index in [0.29, 0.717) is 5.92 Å². The van der Waals surface area contributed by atoms with E-state index < -0.39 is 11.4 Å². The molecule has 0 saturated heterocycles. The molecule has 0 spiro atoms. The molecule has 3 rings (SSSR count). The molecule has 0 N–H and O–H groups in total. The molecule has 3 fully saturated rings. The van der Waals surface area contributed by atoms with E-state index in [9.17, 15) is 9.90 Å². The van der Waals surface area contributed by atoms with Gasteiger partial charge in [0.25, 0.3) is 0 Å². The molecule has 6 atom stereocenters. The predicted octanol–water partition coefficient (Wildman–Crippen LogP) is 1.04. The van der Waals surface area contributed by atoms with Gasteiger partial charge in [-0.1, -0.05) is 34.1 Å². The van der Waals surface area contributed by atoms with Gasteiger partial charge in [0.2, 0.25) is 0 Å².